The number of carbonyl (C=O) groups excluding carboxylic acids is 2. The van der Waals surface area contributed by atoms with Gasteiger partial charge < -0.3 is 15.6 Å². The Kier molecular flexibility index (Phi) is 6.86. The lowest BCUT2D eigenvalue weighted by molar-refractivity contribution is -0.140. The van der Waals surface area contributed by atoms with Crippen molar-refractivity contribution < 1.29 is 18.0 Å². The number of aromatic nitrogens is 1. The lowest BCUT2D eigenvalue weighted by Gasteiger charge is -2.41. The van der Waals surface area contributed by atoms with Crippen molar-refractivity contribution in [2.45, 2.75) is 44.0 Å². The number of amides is 2. The van der Waals surface area contributed by atoms with Gasteiger partial charge >= 0.3 is 0 Å². The van der Waals surface area contributed by atoms with E-state index in [9.17, 15) is 18.0 Å². The van der Waals surface area contributed by atoms with Gasteiger partial charge in [-0.15, -0.1) is 0 Å². The molecule has 1 saturated heterocycles. The molecular formula is C28H34N6O4S. The van der Waals surface area contributed by atoms with E-state index in [2.05, 4.69) is 14.8 Å². The second-order valence-corrected chi connectivity index (χ2v) is 13.3. The van der Waals surface area contributed by atoms with Crippen molar-refractivity contribution in [2.24, 2.45) is 16.3 Å². The number of likely N-dealkylation sites (tertiary alicyclic amines) is 1. The van der Waals surface area contributed by atoms with Crippen LogP contribution in [0.15, 0.2) is 65.9 Å². The summed E-state index contributed by atoms with van der Waals surface area (Å²) in [6, 6.07) is 16.2. The minimum absolute atomic E-state index is 0.112. The number of hydrogen-bond acceptors (Lipinski definition) is 6. The molecule has 10 nitrogen and oxygen atoms in total. The number of benzene rings is 2. The van der Waals surface area contributed by atoms with E-state index in [1.807, 2.05) is 54.6 Å². The number of nitrogens with two attached hydrogens (primary N) is 1. The molecule has 0 saturated carbocycles. The van der Waals surface area contributed by atoms with Crippen LogP contribution in [-0.2, 0) is 32.5 Å². The zero-order valence-electron chi connectivity index (χ0n) is 22.3. The monoisotopic (exact) mass is 550 g/mol. The van der Waals surface area contributed by atoms with Crippen molar-refractivity contribution >= 4 is 38.5 Å². The third kappa shape index (κ3) is 4.97. The van der Waals surface area contributed by atoms with Gasteiger partial charge in [0.2, 0.25) is 15.9 Å². The number of piperidine rings is 1. The molecule has 39 heavy (non-hydrogen) atoms. The predicted octanol–water partition coefficient (Wildman–Crippen LogP) is 1.98. The third-order valence-electron chi connectivity index (χ3n) is 7.65. The molecular weight excluding hydrogens is 516 g/mol. The van der Waals surface area contributed by atoms with Crippen LogP contribution < -0.4 is 10.5 Å². The molecule has 2 aliphatic heterocycles. The van der Waals surface area contributed by atoms with Crippen molar-refractivity contribution in [3.63, 3.8) is 0 Å². The van der Waals surface area contributed by atoms with E-state index in [1.54, 1.807) is 18.1 Å². The highest BCUT2D eigenvalue weighted by Gasteiger charge is 2.54. The Morgan fingerprint density at radius 1 is 1.18 bits per heavy atom. The van der Waals surface area contributed by atoms with E-state index in [0.717, 1.165) is 27.7 Å². The molecule has 3 aromatic rings. The minimum Gasteiger partial charge on any atom is -0.361 e. The molecule has 5 rings (SSSR count). The van der Waals surface area contributed by atoms with Gasteiger partial charge in [-0.1, -0.05) is 48.5 Å². The summed E-state index contributed by atoms with van der Waals surface area (Å²) in [6.07, 6.45) is 2.73. The molecule has 4 N–H and O–H groups in total. The quantitative estimate of drug-likeness (QED) is 0.393. The molecule has 2 atom stereocenters. The Balaban J connectivity index is 1.48. The standard InChI is InChI=1S/C28H34N6O4S/c1-27(2,29)39(37,38)32-23(15-20-17-30-22-12-8-7-11-21(20)22)25(35)34-14-13-24-28(18-34,26(36)33(3)31-24)16-19-9-5-4-6-10-19/h4-12,17,23,30,32H,13-16,18,29H2,1-3H3. The van der Waals surface area contributed by atoms with Gasteiger partial charge in [0.25, 0.3) is 5.91 Å². The normalized spacial score (nSPS) is 20.7. The first-order valence-electron chi connectivity index (χ1n) is 13.0. The summed E-state index contributed by atoms with van der Waals surface area (Å²) in [5.41, 5.74) is 8.37. The first-order valence-corrected chi connectivity index (χ1v) is 14.4. The fourth-order valence-electron chi connectivity index (χ4n) is 5.47. The highest BCUT2D eigenvalue weighted by molar-refractivity contribution is 7.90. The van der Waals surface area contributed by atoms with Gasteiger partial charge in [0.15, 0.2) is 0 Å². The number of H-pyrrole nitrogens is 1. The first kappa shape index (κ1) is 27.0. The summed E-state index contributed by atoms with van der Waals surface area (Å²) in [6.45, 7) is 3.20. The van der Waals surface area contributed by atoms with Crippen molar-refractivity contribution in [1.82, 2.24) is 19.6 Å². The van der Waals surface area contributed by atoms with Gasteiger partial charge in [0.05, 0.1) is 5.71 Å². The van der Waals surface area contributed by atoms with Gasteiger partial charge in [0.1, 0.15) is 16.3 Å². The van der Waals surface area contributed by atoms with E-state index >= 15 is 0 Å². The predicted molar refractivity (Wildman–Crippen MR) is 150 cm³/mol. The molecule has 0 aliphatic carbocycles. The zero-order valence-corrected chi connectivity index (χ0v) is 23.2. The first-order chi connectivity index (χ1) is 18.4. The van der Waals surface area contributed by atoms with Gasteiger partial charge in [-0.2, -0.15) is 5.10 Å². The van der Waals surface area contributed by atoms with E-state index < -0.39 is 32.3 Å². The van der Waals surface area contributed by atoms with Crippen LogP contribution in [-0.4, -0.2) is 71.9 Å². The maximum atomic E-state index is 14.1. The Labute approximate surface area is 228 Å². The SMILES string of the molecule is CN1N=C2CCN(C(=O)C(Cc3c[nH]c4ccccc34)NS(=O)(=O)C(C)(C)N)CC2(Cc2ccccc2)C1=O. The zero-order chi connectivity index (χ0) is 28.0. The average molecular weight is 551 g/mol. The molecule has 1 aromatic heterocycles. The number of para-hydroxylation sites is 1. The van der Waals surface area contributed by atoms with Crippen LogP contribution in [0.1, 0.15) is 31.4 Å². The summed E-state index contributed by atoms with van der Waals surface area (Å²) in [5, 5.41) is 6.78. The molecule has 0 spiro atoms. The molecule has 3 heterocycles. The number of carbonyl (C=O) groups is 2. The number of fused-ring (bicyclic) bond motifs is 2. The highest BCUT2D eigenvalue weighted by atomic mass is 32.2. The van der Waals surface area contributed by atoms with Crippen LogP contribution in [0.25, 0.3) is 10.9 Å². The van der Waals surface area contributed by atoms with Gasteiger partial charge in [-0.3, -0.25) is 9.59 Å². The fraction of sp³-hybridized carbons (Fsp3) is 0.393. The number of hydrogen-bond donors (Lipinski definition) is 3. The molecule has 2 unspecified atom stereocenters. The van der Waals surface area contributed by atoms with Crippen LogP contribution in [0.3, 0.4) is 0 Å². The Morgan fingerprint density at radius 2 is 1.87 bits per heavy atom. The summed E-state index contributed by atoms with van der Waals surface area (Å²) < 4.78 is 28.8. The van der Waals surface area contributed by atoms with Gasteiger partial charge in [-0.25, -0.2) is 18.1 Å². The van der Waals surface area contributed by atoms with E-state index in [0.29, 0.717) is 19.4 Å². The maximum Gasteiger partial charge on any atom is 0.256 e. The van der Waals surface area contributed by atoms with Crippen LogP contribution >= 0.6 is 0 Å². The van der Waals surface area contributed by atoms with Crippen molar-refractivity contribution in [1.29, 1.82) is 0 Å². The van der Waals surface area contributed by atoms with Crippen molar-refractivity contribution in [3.8, 4) is 0 Å². The number of nitrogens with zero attached hydrogens (tertiary/aromatic N) is 3. The minimum atomic E-state index is -4.07. The largest absolute Gasteiger partial charge is 0.361 e. The van der Waals surface area contributed by atoms with Crippen molar-refractivity contribution in [3.05, 3.63) is 71.9 Å². The molecule has 0 radical (unpaired) electrons. The topological polar surface area (TPSA) is 141 Å². The van der Waals surface area contributed by atoms with E-state index in [-0.39, 0.29) is 18.9 Å². The smallest absolute Gasteiger partial charge is 0.256 e. The number of nitrogens with one attached hydrogen (secondary N) is 2. The van der Waals surface area contributed by atoms with Crippen LogP contribution in [0, 0.1) is 5.41 Å². The summed E-state index contributed by atoms with van der Waals surface area (Å²) in [5.74, 6) is -0.572. The van der Waals surface area contributed by atoms with Gasteiger partial charge in [0, 0.05) is 43.7 Å². The maximum absolute atomic E-state index is 14.1. The van der Waals surface area contributed by atoms with Gasteiger partial charge in [-0.05, 0) is 43.9 Å². The van der Waals surface area contributed by atoms with Crippen LogP contribution in [0.2, 0.25) is 0 Å². The summed E-state index contributed by atoms with van der Waals surface area (Å²) in [7, 11) is -2.44. The van der Waals surface area contributed by atoms with E-state index in [4.69, 9.17) is 5.73 Å². The number of rotatable bonds is 8. The molecule has 11 heteroatoms. The Hall–Kier alpha value is -3.54. The lowest BCUT2D eigenvalue weighted by atomic mass is 9.73. The second-order valence-electron chi connectivity index (χ2n) is 11.0. The molecule has 2 aromatic carbocycles. The van der Waals surface area contributed by atoms with Crippen molar-refractivity contribution in [2.75, 3.05) is 20.1 Å². The number of aromatic amines is 1. The number of hydrazone groups is 1. The Bertz CT molecular complexity index is 1540. The molecule has 206 valence electrons. The lowest BCUT2D eigenvalue weighted by Crippen LogP contribution is -2.61. The molecule has 0 bridgehead atoms. The Morgan fingerprint density at radius 3 is 2.59 bits per heavy atom. The van der Waals surface area contributed by atoms with Crippen LogP contribution in [0.4, 0.5) is 0 Å². The molecule has 2 amide bonds. The molecule has 2 aliphatic rings. The summed E-state index contributed by atoms with van der Waals surface area (Å²) >= 11 is 0. The molecule has 1 fully saturated rings. The van der Waals surface area contributed by atoms with E-state index in [1.165, 1.54) is 18.9 Å². The second kappa shape index (κ2) is 9.89. The average Bonchev–Trinajstić information content (AvgIpc) is 3.41. The fourth-order valence-corrected chi connectivity index (χ4v) is 6.34. The number of sulfonamides is 1. The van der Waals surface area contributed by atoms with Crippen LogP contribution in [0.5, 0.6) is 0 Å². The summed E-state index contributed by atoms with van der Waals surface area (Å²) in [4.78, 5) is 30.8. The highest BCUT2D eigenvalue weighted by Crippen LogP contribution is 2.38. The third-order valence-corrected chi connectivity index (χ3v) is 9.63.